The molecule has 0 aliphatic rings. The molecule has 0 spiro atoms. The smallest absolute Gasteiger partial charge is 0.311 e. The van der Waals surface area contributed by atoms with Crippen LogP contribution in [0.5, 0.6) is 0 Å². The molecule has 0 fully saturated rings. The molecule has 1 atom stereocenters. The molecule has 2 rings (SSSR count). The molecule has 104 valence electrons. The molecule has 0 amide bonds. The number of rotatable bonds is 4. The lowest BCUT2D eigenvalue weighted by atomic mass is 10.1. The maximum atomic E-state index is 11.0. The van der Waals surface area contributed by atoms with Gasteiger partial charge in [-0.05, 0) is 37.1 Å². The molecular formula is C14H14ClN3O2. The summed E-state index contributed by atoms with van der Waals surface area (Å²) in [5, 5.41) is 14.8. The second-order valence-corrected chi connectivity index (χ2v) is 4.99. The molecule has 1 aromatic heterocycles. The van der Waals surface area contributed by atoms with Crippen LogP contribution in [0.3, 0.4) is 0 Å². The Bertz CT molecular complexity index is 629. The summed E-state index contributed by atoms with van der Waals surface area (Å²) in [6.45, 7) is 3.68. The number of nitrogens with one attached hydrogen (secondary N) is 1. The van der Waals surface area contributed by atoms with E-state index < -0.39 is 4.92 Å². The Morgan fingerprint density at radius 1 is 1.35 bits per heavy atom. The van der Waals surface area contributed by atoms with Crippen LogP contribution in [-0.2, 0) is 0 Å². The Labute approximate surface area is 121 Å². The molecule has 0 aliphatic heterocycles. The molecule has 6 heteroatoms. The summed E-state index contributed by atoms with van der Waals surface area (Å²) in [4.78, 5) is 14.7. The zero-order chi connectivity index (χ0) is 14.7. The largest absolute Gasteiger partial charge is 0.358 e. The predicted octanol–water partition coefficient (Wildman–Crippen LogP) is 4.12. The van der Waals surface area contributed by atoms with Crippen molar-refractivity contribution in [1.29, 1.82) is 0 Å². The van der Waals surface area contributed by atoms with Gasteiger partial charge in [-0.15, -0.1) is 0 Å². The lowest BCUT2D eigenvalue weighted by Crippen LogP contribution is -2.10. The third-order valence-electron chi connectivity index (χ3n) is 2.92. The monoisotopic (exact) mass is 291 g/mol. The van der Waals surface area contributed by atoms with E-state index in [9.17, 15) is 10.1 Å². The van der Waals surface area contributed by atoms with E-state index in [1.165, 1.54) is 6.07 Å². The SMILES string of the molecule is Cc1cnc(NC(C)c2ccc(Cl)cc2)c([N+](=O)[O-])c1. The second-order valence-electron chi connectivity index (χ2n) is 4.56. The summed E-state index contributed by atoms with van der Waals surface area (Å²) >= 11 is 5.84. The lowest BCUT2D eigenvalue weighted by molar-refractivity contribution is -0.384. The first-order valence-corrected chi connectivity index (χ1v) is 6.48. The van der Waals surface area contributed by atoms with Gasteiger partial charge >= 0.3 is 5.69 Å². The van der Waals surface area contributed by atoms with Crippen molar-refractivity contribution in [1.82, 2.24) is 4.98 Å². The van der Waals surface area contributed by atoms with E-state index in [4.69, 9.17) is 11.6 Å². The molecule has 1 heterocycles. The number of anilines is 1. The van der Waals surface area contributed by atoms with Gasteiger partial charge in [0.2, 0.25) is 5.82 Å². The van der Waals surface area contributed by atoms with E-state index in [2.05, 4.69) is 10.3 Å². The Balaban J connectivity index is 2.25. The van der Waals surface area contributed by atoms with Crippen LogP contribution in [0.4, 0.5) is 11.5 Å². The van der Waals surface area contributed by atoms with Crippen molar-refractivity contribution in [3.8, 4) is 0 Å². The molecule has 0 radical (unpaired) electrons. The third-order valence-corrected chi connectivity index (χ3v) is 3.18. The number of nitro groups is 1. The summed E-state index contributed by atoms with van der Waals surface area (Å²) < 4.78 is 0. The first-order chi connectivity index (χ1) is 9.47. The van der Waals surface area contributed by atoms with Crippen molar-refractivity contribution in [3.05, 3.63) is 62.8 Å². The van der Waals surface area contributed by atoms with E-state index in [0.717, 1.165) is 11.1 Å². The highest BCUT2D eigenvalue weighted by atomic mass is 35.5. The quantitative estimate of drug-likeness (QED) is 0.679. The summed E-state index contributed by atoms with van der Waals surface area (Å²) in [6, 6.07) is 8.71. The number of nitrogens with zero attached hydrogens (tertiary/aromatic N) is 2. The molecule has 1 N–H and O–H groups in total. The van der Waals surface area contributed by atoms with Crippen molar-refractivity contribution in [3.63, 3.8) is 0 Å². The number of halogens is 1. The molecule has 2 aromatic rings. The number of benzene rings is 1. The third kappa shape index (κ3) is 3.24. The number of hydrogen-bond donors (Lipinski definition) is 1. The van der Waals surface area contributed by atoms with Gasteiger partial charge in [0, 0.05) is 17.3 Å². The maximum absolute atomic E-state index is 11.0. The van der Waals surface area contributed by atoms with Gasteiger partial charge < -0.3 is 5.32 Å². The molecule has 1 aromatic carbocycles. The number of aromatic nitrogens is 1. The van der Waals surface area contributed by atoms with Crippen LogP contribution in [0.15, 0.2) is 36.5 Å². The first-order valence-electron chi connectivity index (χ1n) is 6.10. The summed E-state index contributed by atoms with van der Waals surface area (Å²) in [5.41, 5.74) is 1.71. The Morgan fingerprint density at radius 3 is 2.60 bits per heavy atom. The summed E-state index contributed by atoms with van der Waals surface area (Å²) in [7, 11) is 0. The highest BCUT2D eigenvalue weighted by Crippen LogP contribution is 2.27. The standard InChI is InChI=1S/C14H14ClN3O2/c1-9-7-13(18(19)20)14(16-8-9)17-10(2)11-3-5-12(15)6-4-11/h3-8,10H,1-2H3,(H,16,17). The van der Waals surface area contributed by atoms with Crippen LogP contribution in [0.25, 0.3) is 0 Å². The van der Waals surface area contributed by atoms with Crippen LogP contribution in [0.1, 0.15) is 24.1 Å². The van der Waals surface area contributed by atoms with Crippen molar-refractivity contribution in [2.45, 2.75) is 19.9 Å². The summed E-state index contributed by atoms with van der Waals surface area (Å²) in [6.07, 6.45) is 1.60. The van der Waals surface area contributed by atoms with Crippen molar-refractivity contribution < 1.29 is 4.92 Å². The Hall–Kier alpha value is -2.14. The van der Waals surface area contributed by atoms with Gasteiger partial charge in [0.15, 0.2) is 0 Å². The highest BCUT2D eigenvalue weighted by Gasteiger charge is 2.17. The van der Waals surface area contributed by atoms with Gasteiger partial charge in [-0.2, -0.15) is 0 Å². The van der Waals surface area contributed by atoms with Gasteiger partial charge in [0.1, 0.15) is 0 Å². The number of pyridine rings is 1. The van der Waals surface area contributed by atoms with E-state index in [0.29, 0.717) is 5.02 Å². The van der Waals surface area contributed by atoms with Gasteiger partial charge in [-0.3, -0.25) is 10.1 Å². The van der Waals surface area contributed by atoms with E-state index in [-0.39, 0.29) is 17.5 Å². The molecular weight excluding hydrogens is 278 g/mol. The Kier molecular flexibility index (Phi) is 4.20. The molecule has 0 bridgehead atoms. The van der Waals surface area contributed by atoms with Gasteiger partial charge in [-0.1, -0.05) is 23.7 Å². The average molecular weight is 292 g/mol. The van der Waals surface area contributed by atoms with Crippen LogP contribution < -0.4 is 5.32 Å². The summed E-state index contributed by atoms with van der Waals surface area (Å²) in [5.74, 6) is 0.267. The molecule has 5 nitrogen and oxygen atoms in total. The van der Waals surface area contributed by atoms with Crippen LogP contribution in [0.2, 0.25) is 5.02 Å². The average Bonchev–Trinajstić information content (AvgIpc) is 2.41. The fourth-order valence-corrected chi connectivity index (χ4v) is 1.97. The van der Waals surface area contributed by atoms with Gasteiger partial charge in [-0.25, -0.2) is 4.98 Å². The predicted molar refractivity (Wildman–Crippen MR) is 79.1 cm³/mol. The maximum Gasteiger partial charge on any atom is 0.311 e. The number of aryl methyl sites for hydroxylation is 1. The second kappa shape index (κ2) is 5.88. The first kappa shape index (κ1) is 14.3. The number of hydrogen-bond acceptors (Lipinski definition) is 4. The van der Waals surface area contributed by atoms with E-state index in [1.54, 1.807) is 25.3 Å². The molecule has 1 unspecified atom stereocenters. The molecule has 0 saturated carbocycles. The zero-order valence-electron chi connectivity index (χ0n) is 11.1. The minimum Gasteiger partial charge on any atom is -0.358 e. The van der Waals surface area contributed by atoms with E-state index >= 15 is 0 Å². The van der Waals surface area contributed by atoms with Gasteiger partial charge in [0.05, 0.1) is 11.0 Å². The van der Waals surface area contributed by atoms with E-state index in [1.807, 2.05) is 19.1 Å². The topological polar surface area (TPSA) is 68.1 Å². The van der Waals surface area contributed by atoms with Crippen LogP contribution in [-0.4, -0.2) is 9.91 Å². The zero-order valence-corrected chi connectivity index (χ0v) is 11.9. The van der Waals surface area contributed by atoms with Crippen LogP contribution >= 0.6 is 11.6 Å². The van der Waals surface area contributed by atoms with Crippen LogP contribution in [0, 0.1) is 17.0 Å². The van der Waals surface area contributed by atoms with Crippen molar-refractivity contribution >= 4 is 23.1 Å². The fraction of sp³-hybridized carbons (Fsp3) is 0.214. The van der Waals surface area contributed by atoms with Crippen molar-refractivity contribution in [2.24, 2.45) is 0 Å². The molecule has 0 saturated heterocycles. The lowest BCUT2D eigenvalue weighted by Gasteiger charge is -2.15. The molecule has 20 heavy (non-hydrogen) atoms. The van der Waals surface area contributed by atoms with Crippen molar-refractivity contribution in [2.75, 3.05) is 5.32 Å². The fourth-order valence-electron chi connectivity index (χ4n) is 1.84. The molecule has 0 aliphatic carbocycles. The van der Waals surface area contributed by atoms with Gasteiger partial charge in [0.25, 0.3) is 0 Å². The minimum atomic E-state index is -0.434. The minimum absolute atomic E-state index is 0.0224. The normalized spacial score (nSPS) is 11.9. The highest BCUT2D eigenvalue weighted by molar-refractivity contribution is 6.30. The Morgan fingerprint density at radius 2 is 2.00 bits per heavy atom.